The van der Waals surface area contributed by atoms with E-state index in [1.54, 1.807) is 12.2 Å². The molecule has 0 aromatic rings. The predicted octanol–water partition coefficient (Wildman–Crippen LogP) is 0.805. The van der Waals surface area contributed by atoms with Gasteiger partial charge in [0.2, 0.25) is 0 Å². The van der Waals surface area contributed by atoms with E-state index in [1.165, 1.54) is 0 Å². The lowest BCUT2D eigenvalue weighted by atomic mass is 10.0. The van der Waals surface area contributed by atoms with Crippen molar-refractivity contribution in [2.24, 2.45) is 0 Å². The average molecular weight is 272 g/mol. The molecule has 58 valence electrons. The molecule has 0 spiro atoms. The van der Waals surface area contributed by atoms with Gasteiger partial charge in [-0.25, -0.2) is 0 Å². The first-order valence-corrected chi connectivity index (χ1v) is 4.78. The molecule has 0 radical (unpaired) electrons. The van der Waals surface area contributed by atoms with Crippen LogP contribution in [0.5, 0.6) is 0 Å². The predicted molar refractivity (Wildman–Crippen MR) is 46.6 cm³/mol. The molecule has 0 bridgehead atoms. The fourth-order valence-electron chi connectivity index (χ4n) is 0.817. The van der Waals surface area contributed by atoms with Crippen LogP contribution in [0.4, 0.5) is 0 Å². The maximum Gasteiger partial charge on any atom is 0.0858 e. The highest BCUT2D eigenvalue weighted by molar-refractivity contribution is 9.12. The van der Waals surface area contributed by atoms with Gasteiger partial charge in [-0.3, -0.25) is 0 Å². The zero-order chi connectivity index (χ0) is 7.72. The molecule has 2 nitrogen and oxygen atoms in total. The van der Waals surface area contributed by atoms with Gasteiger partial charge in [-0.1, -0.05) is 44.0 Å². The highest BCUT2D eigenvalue weighted by Crippen LogP contribution is 2.26. The topological polar surface area (TPSA) is 40.5 Å². The molecule has 0 aliphatic heterocycles. The summed E-state index contributed by atoms with van der Waals surface area (Å²) < 4.78 is 0. The summed E-state index contributed by atoms with van der Waals surface area (Å²) in [6, 6.07) is 0. The Morgan fingerprint density at radius 1 is 0.900 bits per heavy atom. The van der Waals surface area contributed by atoms with Crippen molar-refractivity contribution in [3.05, 3.63) is 12.2 Å². The molecule has 0 unspecified atom stereocenters. The summed E-state index contributed by atoms with van der Waals surface area (Å²) in [5, 5.41) is 18.4. The lowest BCUT2D eigenvalue weighted by Crippen LogP contribution is -2.38. The summed E-state index contributed by atoms with van der Waals surface area (Å²) in [7, 11) is 0. The Kier molecular flexibility index (Phi) is 2.91. The molecule has 0 aromatic heterocycles. The molecular formula is C6H8Br2O2. The molecule has 2 N–H and O–H groups in total. The van der Waals surface area contributed by atoms with Crippen molar-refractivity contribution < 1.29 is 10.2 Å². The van der Waals surface area contributed by atoms with Crippen molar-refractivity contribution in [2.75, 3.05) is 0 Å². The van der Waals surface area contributed by atoms with Crippen LogP contribution in [-0.2, 0) is 0 Å². The molecule has 0 aromatic carbocycles. The molecule has 4 atom stereocenters. The second kappa shape index (κ2) is 3.34. The van der Waals surface area contributed by atoms with E-state index in [0.717, 1.165) is 0 Å². The third-order valence-corrected chi connectivity index (χ3v) is 4.39. The molecule has 10 heavy (non-hydrogen) atoms. The molecule has 0 heterocycles. The lowest BCUT2D eigenvalue weighted by molar-refractivity contribution is 0.161. The van der Waals surface area contributed by atoms with E-state index < -0.39 is 12.2 Å². The average Bonchev–Trinajstić information content (AvgIpc) is 1.93. The van der Waals surface area contributed by atoms with Gasteiger partial charge in [-0.05, 0) is 0 Å². The van der Waals surface area contributed by atoms with Gasteiger partial charge in [-0.2, -0.15) is 0 Å². The zero-order valence-corrected chi connectivity index (χ0v) is 8.29. The van der Waals surface area contributed by atoms with Crippen LogP contribution in [0, 0.1) is 0 Å². The van der Waals surface area contributed by atoms with Gasteiger partial charge in [-0.15, -0.1) is 0 Å². The van der Waals surface area contributed by atoms with Gasteiger partial charge in [0.05, 0.1) is 21.9 Å². The minimum absolute atomic E-state index is 0.104. The van der Waals surface area contributed by atoms with E-state index in [9.17, 15) is 10.2 Å². The summed E-state index contributed by atoms with van der Waals surface area (Å²) >= 11 is 6.50. The van der Waals surface area contributed by atoms with Crippen LogP contribution < -0.4 is 0 Å². The van der Waals surface area contributed by atoms with Crippen LogP contribution in [0.2, 0.25) is 0 Å². The van der Waals surface area contributed by atoms with Crippen molar-refractivity contribution in [1.29, 1.82) is 0 Å². The number of alkyl halides is 2. The number of aliphatic hydroxyl groups is 2. The maximum atomic E-state index is 9.19. The van der Waals surface area contributed by atoms with E-state index in [-0.39, 0.29) is 9.65 Å². The van der Waals surface area contributed by atoms with Crippen LogP contribution in [0.15, 0.2) is 12.2 Å². The molecule has 0 saturated heterocycles. The Bertz CT molecular complexity index is 133. The number of rotatable bonds is 0. The Morgan fingerprint density at radius 3 is 1.50 bits per heavy atom. The summed E-state index contributed by atoms with van der Waals surface area (Å²) in [5.41, 5.74) is 0. The molecule has 0 fully saturated rings. The van der Waals surface area contributed by atoms with Crippen LogP contribution in [-0.4, -0.2) is 32.1 Å². The second-order valence-electron chi connectivity index (χ2n) is 2.25. The SMILES string of the molecule is O[C@@H]1C=C[C@@H](O)[C@@H](Br)[C@H]1Br. The fraction of sp³-hybridized carbons (Fsp3) is 0.667. The van der Waals surface area contributed by atoms with E-state index >= 15 is 0 Å². The highest BCUT2D eigenvalue weighted by atomic mass is 79.9. The Balaban J connectivity index is 2.69. The normalized spacial score (nSPS) is 47.6. The molecule has 0 amide bonds. The van der Waals surface area contributed by atoms with Crippen LogP contribution in [0.25, 0.3) is 0 Å². The van der Waals surface area contributed by atoms with Gasteiger partial charge in [0.15, 0.2) is 0 Å². The fourth-order valence-corrected chi connectivity index (χ4v) is 1.79. The summed E-state index contributed by atoms with van der Waals surface area (Å²) in [6.07, 6.45) is 2.16. The molecule has 1 aliphatic carbocycles. The monoisotopic (exact) mass is 270 g/mol. The third-order valence-electron chi connectivity index (χ3n) is 1.46. The molecule has 4 heteroatoms. The van der Waals surface area contributed by atoms with Crippen molar-refractivity contribution in [3.8, 4) is 0 Å². The van der Waals surface area contributed by atoms with Crippen molar-refractivity contribution in [2.45, 2.75) is 21.9 Å². The van der Waals surface area contributed by atoms with Gasteiger partial charge < -0.3 is 10.2 Å². The maximum absolute atomic E-state index is 9.19. The minimum atomic E-state index is -0.507. The van der Waals surface area contributed by atoms with Gasteiger partial charge >= 0.3 is 0 Å². The van der Waals surface area contributed by atoms with Crippen LogP contribution >= 0.6 is 31.9 Å². The Labute approximate surface area is 76.2 Å². The van der Waals surface area contributed by atoms with E-state index in [4.69, 9.17) is 0 Å². The number of halogens is 2. The van der Waals surface area contributed by atoms with Crippen LogP contribution in [0.1, 0.15) is 0 Å². The second-order valence-corrected chi connectivity index (χ2v) is 4.37. The molecule has 1 aliphatic rings. The number of hydrogen-bond donors (Lipinski definition) is 2. The first-order chi connectivity index (χ1) is 4.63. The number of aliphatic hydroxyl groups excluding tert-OH is 2. The molecule has 1 rings (SSSR count). The molecule has 0 saturated carbocycles. The first-order valence-electron chi connectivity index (χ1n) is 2.95. The van der Waals surface area contributed by atoms with E-state index in [2.05, 4.69) is 31.9 Å². The Hall–Kier alpha value is 0.620. The van der Waals surface area contributed by atoms with Gasteiger partial charge in [0, 0.05) is 0 Å². The molecular weight excluding hydrogens is 264 g/mol. The van der Waals surface area contributed by atoms with E-state index in [0.29, 0.717) is 0 Å². The van der Waals surface area contributed by atoms with Gasteiger partial charge in [0.25, 0.3) is 0 Å². The summed E-state index contributed by atoms with van der Waals surface area (Å²) in [4.78, 5) is -0.208. The minimum Gasteiger partial charge on any atom is -0.388 e. The zero-order valence-electron chi connectivity index (χ0n) is 5.11. The summed E-state index contributed by atoms with van der Waals surface area (Å²) in [6.45, 7) is 0. The third kappa shape index (κ3) is 1.61. The standard InChI is InChI=1S/C6H8Br2O2/c7-5-3(9)1-2-4(10)6(5)8/h1-6,9-10H/t3-,4-,5-,6+/m1/s1. The van der Waals surface area contributed by atoms with E-state index in [1.807, 2.05) is 0 Å². The first kappa shape index (κ1) is 8.71. The Morgan fingerprint density at radius 2 is 1.20 bits per heavy atom. The number of hydrogen-bond acceptors (Lipinski definition) is 2. The van der Waals surface area contributed by atoms with Crippen LogP contribution in [0.3, 0.4) is 0 Å². The quantitative estimate of drug-likeness (QED) is 0.506. The largest absolute Gasteiger partial charge is 0.388 e. The van der Waals surface area contributed by atoms with Crippen molar-refractivity contribution >= 4 is 31.9 Å². The van der Waals surface area contributed by atoms with Crippen molar-refractivity contribution in [3.63, 3.8) is 0 Å². The van der Waals surface area contributed by atoms with Crippen molar-refractivity contribution in [1.82, 2.24) is 0 Å². The lowest BCUT2D eigenvalue weighted by Gasteiger charge is -2.26. The highest BCUT2D eigenvalue weighted by Gasteiger charge is 2.30. The van der Waals surface area contributed by atoms with Gasteiger partial charge in [0.1, 0.15) is 0 Å². The smallest absolute Gasteiger partial charge is 0.0858 e. The summed E-state index contributed by atoms with van der Waals surface area (Å²) in [5.74, 6) is 0.